The number of imidazole rings is 1. The van der Waals surface area contributed by atoms with Crippen LogP contribution < -0.4 is 5.32 Å². The number of aromatic amines is 2. The van der Waals surface area contributed by atoms with Gasteiger partial charge in [0.05, 0.1) is 34.6 Å². The number of rotatable bonds is 5. The van der Waals surface area contributed by atoms with Gasteiger partial charge in [-0.15, -0.1) is 0 Å². The van der Waals surface area contributed by atoms with E-state index in [0.29, 0.717) is 17.9 Å². The Morgan fingerprint density at radius 2 is 1.97 bits per heavy atom. The molecule has 4 aromatic heterocycles. The molecule has 1 amide bonds. The van der Waals surface area contributed by atoms with Crippen molar-refractivity contribution in [2.24, 2.45) is 0 Å². The molecule has 0 atom stereocenters. The van der Waals surface area contributed by atoms with Crippen molar-refractivity contribution in [2.45, 2.75) is 19.8 Å². The fraction of sp³-hybridized carbons (Fsp3) is 0.136. The van der Waals surface area contributed by atoms with E-state index < -0.39 is 0 Å². The Balaban J connectivity index is 1.54. The van der Waals surface area contributed by atoms with E-state index in [-0.39, 0.29) is 5.91 Å². The van der Waals surface area contributed by atoms with Crippen LogP contribution in [0.4, 0.5) is 5.69 Å². The standard InChI is InChI=1S/C22H19N7O/c1-2-3-20(30)25-15-8-14(10-24-11-15)13-4-5-17-16(9-13)21(29-28-17)22-26-18-6-7-23-12-19(18)27-22/h4-12H,2-3H2,1H3,(H,25,30)(H,26,27)(H,28,29). The number of hydrogen-bond donors (Lipinski definition) is 3. The van der Waals surface area contributed by atoms with Gasteiger partial charge in [0.25, 0.3) is 0 Å². The maximum absolute atomic E-state index is 11.9. The summed E-state index contributed by atoms with van der Waals surface area (Å²) >= 11 is 0. The number of anilines is 1. The average Bonchev–Trinajstić information content (AvgIpc) is 3.37. The van der Waals surface area contributed by atoms with Gasteiger partial charge in [-0.3, -0.25) is 19.9 Å². The van der Waals surface area contributed by atoms with Crippen molar-refractivity contribution < 1.29 is 4.79 Å². The number of hydrogen-bond acceptors (Lipinski definition) is 5. The molecule has 30 heavy (non-hydrogen) atoms. The minimum absolute atomic E-state index is 0.0107. The van der Waals surface area contributed by atoms with Crippen LogP contribution in [0.15, 0.2) is 55.1 Å². The smallest absolute Gasteiger partial charge is 0.224 e. The third-order valence-corrected chi connectivity index (χ3v) is 4.90. The van der Waals surface area contributed by atoms with Crippen LogP contribution in [-0.4, -0.2) is 36.0 Å². The molecule has 5 aromatic rings. The molecule has 0 bridgehead atoms. The number of nitrogens with zero attached hydrogens (tertiary/aromatic N) is 4. The van der Waals surface area contributed by atoms with Crippen LogP contribution in [0.3, 0.4) is 0 Å². The zero-order valence-corrected chi connectivity index (χ0v) is 16.3. The topological polar surface area (TPSA) is 112 Å². The number of amides is 1. The molecule has 148 valence electrons. The number of carbonyl (C=O) groups excluding carboxylic acids is 1. The molecule has 0 fully saturated rings. The van der Waals surface area contributed by atoms with Gasteiger partial charge in [-0.05, 0) is 36.2 Å². The molecule has 0 aliphatic heterocycles. The summed E-state index contributed by atoms with van der Waals surface area (Å²) in [5.74, 6) is 0.670. The second kappa shape index (κ2) is 7.40. The molecular weight excluding hydrogens is 378 g/mol. The minimum Gasteiger partial charge on any atom is -0.335 e. The first-order valence-electron chi connectivity index (χ1n) is 9.75. The van der Waals surface area contributed by atoms with Crippen molar-refractivity contribution in [1.82, 2.24) is 30.1 Å². The van der Waals surface area contributed by atoms with Crippen molar-refractivity contribution in [2.75, 3.05) is 5.32 Å². The number of pyridine rings is 2. The Hall–Kier alpha value is -4.07. The number of nitrogens with one attached hydrogen (secondary N) is 3. The molecular formula is C22H19N7O. The summed E-state index contributed by atoms with van der Waals surface area (Å²) in [5, 5.41) is 11.4. The van der Waals surface area contributed by atoms with Gasteiger partial charge >= 0.3 is 0 Å². The molecule has 0 aliphatic carbocycles. The van der Waals surface area contributed by atoms with Crippen LogP contribution in [0.5, 0.6) is 0 Å². The molecule has 0 radical (unpaired) electrons. The third-order valence-electron chi connectivity index (χ3n) is 4.90. The zero-order valence-electron chi connectivity index (χ0n) is 16.3. The largest absolute Gasteiger partial charge is 0.335 e. The van der Waals surface area contributed by atoms with E-state index in [0.717, 1.165) is 45.2 Å². The number of fused-ring (bicyclic) bond motifs is 2. The number of H-pyrrole nitrogens is 2. The second-order valence-electron chi connectivity index (χ2n) is 7.07. The lowest BCUT2D eigenvalue weighted by molar-refractivity contribution is -0.116. The molecule has 0 unspecified atom stereocenters. The zero-order chi connectivity index (χ0) is 20.5. The summed E-state index contributed by atoms with van der Waals surface area (Å²) in [4.78, 5) is 28.2. The van der Waals surface area contributed by atoms with Crippen LogP contribution in [0.25, 0.3) is 44.6 Å². The molecule has 8 nitrogen and oxygen atoms in total. The van der Waals surface area contributed by atoms with E-state index in [1.807, 2.05) is 37.3 Å². The van der Waals surface area contributed by atoms with Gasteiger partial charge in [-0.25, -0.2) is 4.98 Å². The number of benzene rings is 1. The van der Waals surface area contributed by atoms with Crippen molar-refractivity contribution in [1.29, 1.82) is 0 Å². The fourth-order valence-electron chi connectivity index (χ4n) is 3.46. The maximum Gasteiger partial charge on any atom is 0.224 e. The molecule has 4 heterocycles. The van der Waals surface area contributed by atoms with E-state index in [9.17, 15) is 4.79 Å². The van der Waals surface area contributed by atoms with E-state index in [4.69, 9.17) is 0 Å². The molecule has 3 N–H and O–H groups in total. The second-order valence-corrected chi connectivity index (χ2v) is 7.07. The Kier molecular flexibility index (Phi) is 4.44. The van der Waals surface area contributed by atoms with Gasteiger partial charge in [-0.1, -0.05) is 13.0 Å². The predicted octanol–water partition coefficient (Wildman–Crippen LogP) is 4.30. The summed E-state index contributed by atoms with van der Waals surface area (Å²) in [6, 6.07) is 9.82. The summed E-state index contributed by atoms with van der Waals surface area (Å²) in [7, 11) is 0. The van der Waals surface area contributed by atoms with Crippen molar-refractivity contribution in [3.05, 3.63) is 55.1 Å². The van der Waals surface area contributed by atoms with Crippen LogP contribution in [0, 0.1) is 0 Å². The summed E-state index contributed by atoms with van der Waals surface area (Å²) in [6.07, 6.45) is 8.19. The fourth-order valence-corrected chi connectivity index (χ4v) is 3.46. The van der Waals surface area contributed by atoms with Gasteiger partial charge in [0.1, 0.15) is 5.69 Å². The Bertz CT molecular complexity index is 1340. The van der Waals surface area contributed by atoms with E-state index in [2.05, 4.69) is 35.5 Å². The Morgan fingerprint density at radius 1 is 1.03 bits per heavy atom. The Morgan fingerprint density at radius 3 is 2.83 bits per heavy atom. The van der Waals surface area contributed by atoms with Crippen LogP contribution in [0.2, 0.25) is 0 Å². The van der Waals surface area contributed by atoms with Crippen molar-refractivity contribution in [3.8, 4) is 22.6 Å². The predicted molar refractivity (Wildman–Crippen MR) is 116 cm³/mol. The number of aromatic nitrogens is 6. The Labute approximate surface area is 171 Å². The van der Waals surface area contributed by atoms with Gasteiger partial charge in [0, 0.05) is 29.8 Å². The lowest BCUT2D eigenvalue weighted by Crippen LogP contribution is -2.10. The SMILES string of the molecule is CCCC(=O)Nc1cncc(-c2ccc3[nH]nc(-c4nc5ccncc5[nH]4)c3c2)c1. The highest BCUT2D eigenvalue weighted by Crippen LogP contribution is 2.30. The highest BCUT2D eigenvalue weighted by Gasteiger charge is 2.14. The lowest BCUT2D eigenvalue weighted by atomic mass is 10.0. The van der Waals surface area contributed by atoms with Crippen molar-refractivity contribution >= 4 is 33.5 Å². The van der Waals surface area contributed by atoms with Gasteiger partial charge in [0.15, 0.2) is 5.82 Å². The molecule has 0 saturated carbocycles. The van der Waals surface area contributed by atoms with Crippen LogP contribution in [-0.2, 0) is 4.79 Å². The molecule has 8 heteroatoms. The molecule has 0 spiro atoms. The van der Waals surface area contributed by atoms with E-state index >= 15 is 0 Å². The van der Waals surface area contributed by atoms with E-state index in [1.165, 1.54) is 0 Å². The summed E-state index contributed by atoms with van der Waals surface area (Å²) < 4.78 is 0. The average molecular weight is 397 g/mol. The molecule has 0 saturated heterocycles. The van der Waals surface area contributed by atoms with Gasteiger partial charge in [0.2, 0.25) is 5.91 Å². The first kappa shape index (κ1) is 18.0. The quantitative estimate of drug-likeness (QED) is 0.409. The first-order valence-corrected chi connectivity index (χ1v) is 9.75. The lowest BCUT2D eigenvalue weighted by Gasteiger charge is -2.07. The minimum atomic E-state index is -0.0107. The van der Waals surface area contributed by atoms with Gasteiger partial charge < -0.3 is 10.3 Å². The van der Waals surface area contributed by atoms with E-state index in [1.54, 1.807) is 24.8 Å². The van der Waals surface area contributed by atoms with Crippen molar-refractivity contribution in [3.63, 3.8) is 0 Å². The van der Waals surface area contributed by atoms with Crippen LogP contribution >= 0.6 is 0 Å². The summed E-state index contributed by atoms with van der Waals surface area (Å²) in [5.41, 5.74) is 5.92. The summed E-state index contributed by atoms with van der Waals surface area (Å²) in [6.45, 7) is 1.98. The normalized spacial score (nSPS) is 11.2. The first-order chi connectivity index (χ1) is 14.7. The van der Waals surface area contributed by atoms with Gasteiger partial charge in [-0.2, -0.15) is 5.10 Å². The van der Waals surface area contributed by atoms with Crippen LogP contribution in [0.1, 0.15) is 19.8 Å². The molecule has 5 rings (SSSR count). The molecule has 1 aromatic carbocycles. The number of carbonyl (C=O) groups is 1. The highest BCUT2D eigenvalue weighted by molar-refractivity contribution is 5.96. The third kappa shape index (κ3) is 3.28. The highest BCUT2D eigenvalue weighted by atomic mass is 16.1. The molecule has 0 aliphatic rings. The maximum atomic E-state index is 11.9. The monoisotopic (exact) mass is 397 g/mol.